The summed E-state index contributed by atoms with van der Waals surface area (Å²) >= 11 is 0. The smallest absolute Gasteiger partial charge is 0.309 e. The van der Waals surface area contributed by atoms with Crippen LogP contribution in [-0.2, 0) is 9.59 Å². The summed E-state index contributed by atoms with van der Waals surface area (Å²) in [5.74, 6) is -3.33. The number of rotatable bonds is 2. The molecule has 2 rings (SSSR count). The van der Waals surface area contributed by atoms with Crippen LogP contribution in [0, 0.1) is 11.6 Å². The van der Waals surface area contributed by atoms with Crippen molar-refractivity contribution in [2.45, 2.75) is 6.04 Å². The molecular weight excluding hydrogens is 246 g/mol. The molecule has 1 aromatic carbocycles. The molecule has 7 heteroatoms. The molecule has 0 bridgehead atoms. The first-order valence-electron chi connectivity index (χ1n) is 5.14. The van der Waals surface area contributed by atoms with Crippen LogP contribution in [0.5, 0.6) is 5.75 Å². The third kappa shape index (κ3) is 2.11. The second-order valence-corrected chi connectivity index (χ2v) is 3.74. The van der Waals surface area contributed by atoms with E-state index in [4.69, 9.17) is 0 Å². The lowest BCUT2D eigenvalue weighted by atomic mass is 10.0. The van der Waals surface area contributed by atoms with Gasteiger partial charge in [-0.1, -0.05) is 0 Å². The number of nitrogens with one attached hydrogen (secondary N) is 2. The minimum Gasteiger partial charge on any atom is -0.494 e. The quantitative estimate of drug-likeness (QED) is 0.746. The van der Waals surface area contributed by atoms with Crippen molar-refractivity contribution < 1.29 is 23.1 Å². The van der Waals surface area contributed by atoms with Crippen LogP contribution in [0.4, 0.5) is 8.78 Å². The van der Waals surface area contributed by atoms with E-state index in [0.717, 1.165) is 12.1 Å². The van der Waals surface area contributed by atoms with Crippen molar-refractivity contribution in [1.82, 2.24) is 10.6 Å². The Hall–Kier alpha value is -2.18. The zero-order valence-corrected chi connectivity index (χ0v) is 9.42. The standard InChI is InChI=1S/C11H10F2N2O3/c1-18-9-3-6(12)5(2-7(9)13)8-4-14-10(16)11(17)15-8/h2-3,8H,4H2,1H3,(H,14,16)(H,15,17). The van der Waals surface area contributed by atoms with Crippen LogP contribution in [0.15, 0.2) is 12.1 Å². The van der Waals surface area contributed by atoms with Gasteiger partial charge in [-0.05, 0) is 6.07 Å². The van der Waals surface area contributed by atoms with Gasteiger partial charge in [0.25, 0.3) is 0 Å². The van der Waals surface area contributed by atoms with Crippen molar-refractivity contribution in [3.8, 4) is 5.75 Å². The fraction of sp³-hybridized carbons (Fsp3) is 0.273. The molecule has 0 radical (unpaired) electrons. The Labute approximate surface area is 101 Å². The van der Waals surface area contributed by atoms with E-state index >= 15 is 0 Å². The maximum Gasteiger partial charge on any atom is 0.309 e. The normalized spacial score (nSPS) is 19.2. The molecule has 1 atom stereocenters. The van der Waals surface area contributed by atoms with Crippen LogP contribution in [0.1, 0.15) is 11.6 Å². The number of halogens is 2. The van der Waals surface area contributed by atoms with Crippen LogP contribution in [-0.4, -0.2) is 25.5 Å². The molecule has 0 saturated carbocycles. The highest BCUT2D eigenvalue weighted by molar-refractivity contribution is 6.35. The molecule has 2 N–H and O–H groups in total. The van der Waals surface area contributed by atoms with Crippen LogP contribution in [0.2, 0.25) is 0 Å². The van der Waals surface area contributed by atoms with Crippen LogP contribution < -0.4 is 15.4 Å². The number of piperazine rings is 1. The predicted octanol–water partition coefficient (Wildman–Crippen LogP) is 0.260. The molecule has 0 aromatic heterocycles. The SMILES string of the molecule is COc1cc(F)c(C2CNC(=O)C(=O)N2)cc1F. The monoisotopic (exact) mass is 256 g/mol. The number of amides is 2. The van der Waals surface area contributed by atoms with E-state index in [1.165, 1.54) is 7.11 Å². The predicted molar refractivity (Wildman–Crippen MR) is 56.8 cm³/mol. The third-order valence-corrected chi connectivity index (χ3v) is 2.62. The van der Waals surface area contributed by atoms with Gasteiger partial charge in [-0.3, -0.25) is 9.59 Å². The van der Waals surface area contributed by atoms with Gasteiger partial charge in [0.15, 0.2) is 11.6 Å². The summed E-state index contributed by atoms with van der Waals surface area (Å²) in [5.41, 5.74) is -0.0401. The van der Waals surface area contributed by atoms with E-state index in [-0.39, 0.29) is 17.9 Å². The summed E-state index contributed by atoms with van der Waals surface area (Å²) in [7, 11) is 1.22. The largest absolute Gasteiger partial charge is 0.494 e. The zero-order valence-electron chi connectivity index (χ0n) is 9.42. The van der Waals surface area contributed by atoms with E-state index in [0.29, 0.717) is 0 Å². The first kappa shape index (κ1) is 12.3. The first-order chi connectivity index (χ1) is 8.52. The summed E-state index contributed by atoms with van der Waals surface area (Å²) < 4.78 is 31.8. The Bertz CT molecular complexity index is 519. The maximum absolute atomic E-state index is 13.7. The summed E-state index contributed by atoms with van der Waals surface area (Å²) in [6.45, 7) is 0.00720. The molecular formula is C11H10F2N2O3. The van der Waals surface area contributed by atoms with Crippen molar-refractivity contribution in [3.05, 3.63) is 29.3 Å². The molecule has 0 spiro atoms. The highest BCUT2D eigenvalue weighted by atomic mass is 19.1. The second-order valence-electron chi connectivity index (χ2n) is 3.74. The lowest BCUT2D eigenvalue weighted by molar-refractivity contribution is -0.141. The number of methoxy groups -OCH3 is 1. The summed E-state index contributed by atoms with van der Waals surface area (Å²) in [6.07, 6.45) is 0. The van der Waals surface area contributed by atoms with Gasteiger partial charge in [-0.25, -0.2) is 8.78 Å². The average Bonchev–Trinajstić information content (AvgIpc) is 2.35. The van der Waals surface area contributed by atoms with Crippen LogP contribution >= 0.6 is 0 Å². The molecule has 18 heavy (non-hydrogen) atoms. The van der Waals surface area contributed by atoms with Gasteiger partial charge >= 0.3 is 11.8 Å². The van der Waals surface area contributed by atoms with Crippen molar-refractivity contribution in [2.24, 2.45) is 0 Å². The molecule has 1 fully saturated rings. The molecule has 2 amide bonds. The summed E-state index contributed by atoms with van der Waals surface area (Å²) in [4.78, 5) is 22.0. The minimum atomic E-state index is -0.873. The van der Waals surface area contributed by atoms with Crippen molar-refractivity contribution in [3.63, 3.8) is 0 Å². The molecule has 1 aliphatic rings. The topological polar surface area (TPSA) is 67.4 Å². The van der Waals surface area contributed by atoms with Crippen molar-refractivity contribution in [1.29, 1.82) is 0 Å². The van der Waals surface area contributed by atoms with Gasteiger partial charge in [0.1, 0.15) is 5.82 Å². The zero-order chi connectivity index (χ0) is 13.3. The summed E-state index contributed by atoms with van der Waals surface area (Å²) in [6, 6.07) is 1.04. The van der Waals surface area contributed by atoms with Gasteiger partial charge in [0.05, 0.1) is 13.2 Å². The Morgan fingerprint density at radius 2 is 1.94 bits per heavy atom. The van der Waals surface area contributed by atoms with Crippen molar-refractivity contribution >= 4 is 11.8 Å². The molecule has 1 aliphatic heterocycles. The Balaban J connectivity index is 2.31. The third-order valence-electron chi connectivity index (χ3n) is 2.62. The second kappa shape index (κ2) is 4.59. The van der Waals surface area contributed by atoms with E-state index in [2.05, 4.69) is 15.4 Å². The minimum absolute atomic E-state index is 0.00720. The van der Waals surface area contributed by atoms with Gasteiger partial charge in [0.2, 0.25) is 0 Å². The van der Waals surface area contributed by atoms with Gasteiger partial charge in [-0.2, -0.15) is 0 Å². The highest BCUT2D eigenvalue weighted by Gasteiger charge is 2.28. The number of benzene rings is 1. The maximum atomic E-state index is 13.7. The lowest BCUT2D eigenvalue weighted by Crippen LogP contribution is -2.51. The highest BCUT2D eigenvalue weighted by Crippen LogP contribution is 2.25. The van der Waals surface area contributed by atoms with E-state index in [1.54, 1.807) is 0 Å². The van der Waals surface area contributed by atoms with E-state index in [1.807, 2.05) is 0 Å². The fourth-order valence-electron chi connectivity index (χ4n) is 1.71. The van der Waals surface area contributed by atoms with Crippen molar-refractivity contribution in [2.75, 3.05) is 13.7 Å². The Morgan fingerprint density at radius 1 is 1.22 bits per heavy atom. The Kier molecular flexibility index (Phi) is 3.14. The van der Waals surface area contributed by atoms with E-state index < -0.39 is 29.5 Å². The number of hydrogen-bond donors (Lipinski definition) is 2. The van der Waals surface area contributed by atoms with Crippen LogP contribution in [0.3, 0.4) is 0 Å². The molecule has 96 valence electrons. The number of carbonyl (C=O) groups is 2. The molecule has 1 unspecified atom stereocenters. The summed E-state index contributed by atoms with van der Waals surface area (Å²) in [5, 5.41) is 4.57. The molecule has 1 heterocycles. The van der Waals surface area contributed by atoms with Crippen LogP contribution in [0.25, 0.3) is 0 Å². The molecule has 0 aliphatic carbocycles. The van der Waals surface area contributed by atoms with Gasteiger partial charge in [-0.15, -0.1) is 0 Å². The lowest BCUT2D eigenvalue weighted by Gasteiger charge is -2.24. The number of carbonyl (C=O) groups excluding carboxylic acids is 2. The first-order valence-corrected chi connectivity index (χ1v) is 5.14. The van der Waals surface area contributed by atoms with E-state index in [9.17, 15) is 18.4 Å². The van der Waals surface area contributed by atoms with Gasteiger partial charge in [0, 0.05) is 18.2 Å². The molecule has 1 aromatic rings. The molecule has 1 saturated heterocycles. The number of ether oxygens (including phenoxy) is 1. The molecule has 5 nitrogen and oxygen atoms in total. The number of hydrogen-bond acceptors (Lipinski definition) is 3. The average molecular weight is 256 g/mol. The Morgan fingerprint density at radius 3 is 2.56 bits per heavy atom. The van der Waals surface area contributed by atoms with Gasteiger partial charge < -0.3 is 15.4 Å². The fourth-order valence-corrected chi connectivity index (χ4v) is 1.71.